The lowest BCUT2D eigenvalue weighted by atomic mass is 9.86. The van der Waals surface area contributed by atoms with E-state index in [2.05, 4.69) is 0 Å². The maximum absolute atomic E-state index is 12.2. The monoisotopic (exact) mass is 227 g/mol. The lowest BCUT2D eigenvalue weighted by Gasteiger charge is -2.31. The number of rotatable bonds is 2. The van der Waals surface area contributed by atoms with E-state index in [1.165, 1.54) is 0 Å². The van der Waals surface area contributed by atoms with Gasteiger partial charge in [0.2, 0.25) is 5.91 Å². The van der Waals surface area contributed by atoms with Crippen molar-refractivity contribution in [1.82, 2.24) is 4.90 Å². The van der Waals surface area contributed by atoms with Crippen molar-refractivity contribution < 1.29 is 15.0 Å². The number of carbonyl (C=O) groups excluding carboxylic acids is 1. The Morgan fingerprint density at radius 2 is 1.88 bits per heavy atom. The van der Waals surface area contributed by atoms with Crippen LogP contribution in [0.2, 0.25) is 0 Å². The summed E-state index contributed by atoms with van der Waals surface area (Å²) in [5, 5.41) is 18.6. The summed E-state index contributed by atoms with van der Waals surface area (Å²) in [5.74, 6) is 0.277. The van der Waals surface area contributed by atoms with Crippen LogP contribution in [0.5, 0.6) is 0 Å². The fourth-order valence-electron chi connectivity index (χ4n) is 2.87. The fourth-order valence-corrected chi connectivity index (χ4v) is 2.87. The molecule has 2 rings (SSSR count). The Morgan fingerprint density at radius 3 is 2.50 bits per heavy atom. The van der Waals surface area contributed by atoms with Crippen molar-refractivity contribution in [2.45, 2.75) is 50.7 Å². The number of hydrogen-bond acceptors (Lipinski definition) is 3. The van der Waals surface area contributed by atoms with Gasteiger partial charge in [-0.25, -0.2) is 0 Å². The molecule has 0 radical (unpaired) electrons. The second-order valence-corrected chi connectivity index (χ2v) is 5.02. The lowest BCUT2D eigenvalue weighted by molar-refractivity contribution is -0.138. The first-order valence-electron chi connectivity index (χ1n) is 6.31. The Labute approximate surface area is 96.3 Å². The highest BCUT2D eigenvalue weighted by Crippen LogP contribution is 2.28. The zero-order chi connectivity index (χ0) is 11.5. The van der Waals surface area contributed by atoms with Crippen LogP contribution in [0.15, 0.2) is 0 Å². The standard InChI is InChI=1S/C12H21NO3/c14-8-10-2-1-7-13(10)12(16)9-3-5-11(15)6-4-9/h9-11,14-15H,1-8H2. The highest BCUT2D eigenvalue weighted by atomic mass is 16.3. The molecule has 0 aromatic rings. The third-order valence-electron chi connectivity index (χ3n) is 3.92. The second kappa shape index (κ2) is 5.15. The summed E-state index contributed by atoms with van der Waals surface area (Å²) in [5.41, 5.74) is 0. The van der Waals surface area contributed by atoms with E-state index >= 15 is 0 Å². The van der Waals surface area contributed by atoms with Gasteiger partial charge in [-0.05, 0) is 38.5 Å². The minimum atomic E-state index is -0.212. The SMILES string of the molecule is O=C(C1CCC(O)CC1)N1CCCC1CO. The average molecular weight is 227 g/mol. The molecule has 2 N–H and O–H groups in total. The third kappa shape index (κ3) is 2.38. The molecule has 1 aliphatic carbocycles. The zero-order valence-electron chi connectivity index (χ0n) is 9.64. The molecule has 0 aromatic carbocycles. The molecule has 4 nitrogen and oxygen atoms in total. The Kier molecular flexibility index (Phi) is 3.82. The molecule has 16 heavy (non-hydrogen) atoms. The van der Waals surface area contributed by atoms with Gasteiger partial charge >= 0.3 is 0 Å². The first kappa shape index (κ1) is 11.9. The molecule has 1 amide bonds. The van der Waals surface area contributed by atoms with Crippen LogP contribution in [0.3, 0.4) is 0 Å². The molecule has 1 aliphatic heterocycles. The van der Waals surface area contributed by atoms with Crippen LogP contribution in [-0.2, 0) is 4.79 Å². The highest BCUT2D eigenvalue weighted by Gasteiger charge is 2.34. The van der Waals surface area contributed by atoms with Crippen molar-refractivity contribution in [3.8, 4) is 0 Å². The van der Waals surface area contributed by atoms with E-state index in [0.29, 0.717) is 0 Å². The summed E-state index contributed by atoms with van der Waals surface area (Å²) >= 11 is 0. The number of nitrogens with zero attached hydrogens (tertiary/aromatic N) is 1. The van der Waals surface area contributed by atoms with Crippen molar-refractivity contribution >= 4 is 5.91 Å². The predicted molar refractivity (Wildman–Crippen MR) is 59.8 cm³/mol. The molecule has 1 atom stereocenters. The summed E-state index contributed by atoms with van der Waals surface area (Å²) in [6.45, 7) is 0.879. The number of carbonyl (C=O) groups is 1. The third-order valence-corrected chi connectivity index (χ3v) is 3.92. The topological polar surface area (TPSA) is 60.8 Å². The van der Waals surface area contributed by atoms with E-state index in [4.69, 9.17) is 0 Å². The van der Waals surface area contributed by atoms with Gasteiger partial charge in [0, 0.05) is 12.5 Å². The van der Waals surface area contributed by atoms with E-state index in [9.17, 15) is 15.0 Å². The molecular weight excluding hydrogens is 206 g/mol. The molecule has 1 saturated heterocycles. The van der Waals surface area contributed by atoms with Gasteiger partial charge in [0.15, 0.2) is 0 Å². The molecule has 0 aromatic heterocycles. The van der Waals surface area contributed by atoms with Crippen LogP contribution in [0.25, 0.3) is 0 Å². The van der Waals surface area contributed by atoms with E-state index in [-0.39, 0.29) is 30.6 Å². The molecule has 2 aliphatic rings. The molecule has 0 bridgehead atoms. The van der Waals surface area contributed by atoms with Gasteiger partial charge in [-0.1, -0.05) is 0 Å². The minimum absolute atomic E-state index is 0.0411. The number of hydrogen-bond donors (Lipinski definition) is 2. The van der Waals surface area contributed by atoms with Crippen molar-refractivity contribution in [2.24, 2.45) is 5.92 Å². The summed E-state index contributed by atoms with van der Waals surface area (Å²) in [6, 6.07) is 0.0411. The molecule has 1 heterocycles. The van der Waals surface area contributed by atoms with Crippen molar-refractivity contribution in [3.63, 3.8) is 0 Å². The van der Waals surface area contributed by atoms with Gasteiger partial charge in [-0.15, -0.1) is 0 Å². The first-order valence-corrected chi connectivity index (χ1v) is 6.31. The summed E-state index contributed by atoms with van der Waals surface area (Å²) < 4.78 is 0. The smallest absolute Gasteiger partial charge is 0.226 e. The van der Waals surface area contributed by atoms with Crippen LogP contribution in [0.4, 0.5) is 0 Å². The summed E-state index contributed by atoms with van der Waals surface area (Å²) in [6.07, 6.45) is 4.81. The van der Waals surface area contributed by atoms with Crippen LogP contribution < -0.4 is 0 Å². The lowest BCUT2D eigenvalue weighted by Crippen LogP contribution is -2.42. The molecule has 1 unspecified atom stereocenters. The first-order chi connectivity index (χ1) is 7.72. The molecule has 0 spiro atoms. The van der Waals surface area contributed by atoms with Crippen LogP contribution in [0, 0.1) is 5.92 Å². The number of likely N-dealkylation sites (tertiary alicyclic amines) is 1. The van der Waals surface area contributed by atoms with Gasteiger partial charge in [-0.3, -0.25) is 4.79 Å². The van der Waals surface area contributed by atoms with Gasteiger partial charge in [0.05, 0.1) is 18.8 Å². The van der Waals surface area contributed by atoms with Gasteiger partial charge in [-0.2, -0.15) is 0 Å². The fraction of sp³-hybridized carbons (Fsp3) is 0.917. The molecule has 4 heteroatoms. The molecule has 1 saturated carbocycles. The van der Waals surface area contributed by atoms with Crippen molar-refractivity contribution in [2.75, 3.05) is 13.2 Å². The maximum atomic E-state index is 12.2. The van der Waals surface area contributed by atoms with Crippen molar-refractivity contribution in [1.29, 1.82) is 0 Å². The molecule has 2 fully saturated rings. The van der Waals surface area contributed by atoms with E-state index in [1.54, 1.807) is 0 Å². The highest BCUT2D eigenvalue weighted by molar-refractivity contribution is 5.79. The number of aliphatic hydroxyl groups excluding tert-OH is 2. The second-order valence-electron chi connectivity index (χ2n) is 5.02. The number of aliphatic hydroxyl groups is 2. The summed E-state index contributed by atoms with van der Waals surface area (Å²) in [4.78, 5) is 14.1. The van der Waals surface area contributed by atoms with Crippen LogP contribution >= 0.6 is 0 Å². The molecular formula is C12H21NO3. The van der Waals surface area contributed by atoms with Crippen molar-refractivity contribution in [3.05, 3.63) is 0 Å². The Hall–Kier alpha value is -0.610. The van der Waals surface area contributed by atoms with E-state index < -0.39 is 0 Å². The Bertz CT molecular complexity index is 249. The summed E-state index contributed by atoms with van der Waals surface area (Å²) in [7, 11) is 0. The number of amides is 1. The Morgan fingerprint density at radius 1 is 1.19 bits per heavy atom. The van der Waals surface area contributed by atoms with Crippen LogP contribution in [0.1, 0.15) is 38.5 Å². The maximum Gasteiger partial charge on any atom is 0.226 e. The Balaban J connectivity index is 1.91. The van der Waals surface area contributed by atoms with E-state index in [1.807, 2.05) is 4.90 Å². The zero-order valence-corrected chi connectivity index (χ0v) is 9.64. The normalized spacial score (nSPS) is 35.4. The quantitative estimate of drug-likeness (QED) is 0.723. The predicted octanol–water partition coefficient (Wildman–Crippen LogP) is 0.521. The van der Waals surface area contributed by atoms with Crippen LogP contribution in [-0.4, -0.2) is 46.3 Å². The van der Waals surface area contributed by atoms with Gasteiger partial charge < -0.3 is 15.1 Å². The minimum Gasteiger partial charge on any atom is -0.394 e. The average Bonchev–Trinajstić information content (AvgIpc) is 2.77. The van der Waals surface area contributed by atoms with Gasteiger partial charge in [0.25, 0.3) is 0 Å². The largest absolute Gasteiger partial charge is 0.394 e. The van der Waals surface area contributed by atoms with E-state index in [0.717, 1.165) is 45.1 Å². The molecule has 92 valence electrons. The van der Waals surface area contributed by atoms with Gasteiger partial charge in [0.1, 0.15) is 0 Å².